The highest BCUT2D eigenvalue weighted by Gasteiger charge is 2.22. The van der Waals surface area contributed by atoms with Gasteiger partial charge in [0.25, 0.3) is 0 Å². The van der Waals surface area contributed by atoms with Gasteiger partial charge in [-0.25, -0.2) is 0 Å². The summed E-state index contributed by atoms with van der Waals surface area (Å²) in [4.78, 5) is 0. The molecule has 1 aliphatic carbocycles. The number of benzene rings is 1. The van der Waals surface area contributed by atoms with Gasteiger partial charge >= 0.3 is 0 Å². The van der Waals surface area contributed by atoms with Crippen molar-refractivity contribution in [3.8, 4) is 5.75 Å². The molecule has 0 bridgehead atoms. The van der Waals surface area contributed by atoms with E-state index in [1.807, 2.05) is 30.3 Å². The molecule has 100 valence electrons. The molecule has 3 heteroatoms. The summed E-state index contributed by atoms with van der Waals surface area (Å²) in [5.74, 6) is 1.59. The molecule has 0 spiro atoms. The Hall–Kier alpha value is -1.06. The minimum absolute atomic E-state index is 0.586. The number of nitrogens with two attached hydrogens (primary N) is 1. The lowest BCUT2D eigenvalue weighted by Gasteiger charge is -2.31. The molecule has 0 aromatic heterocycles. The lowest BCUT2D eigenvalue weighted by Crippen LogP contribution is -2.43. The first kappa shape index (κ1) is 13.4. The van der Waals surface area contributed by atoms with Crippen molar-refractivity contribution in [3.63, 3.8) is 0 Å². The van der Waals surface area contributed by atoms with Crippen LogP contribution in [0.25, 0.3) is 0 Å². The van der Waals surface area contributed by atoms with Crippen molar-refractivity contribution in [1.82, 2.24) is 5.32 Å². The number of nitrogens with one attached hydrogen (secondary N) is 1. The molecular weight excluding hydrogens is 224 g/mol. The fraction of sp³-hybridized carbons (Fsp3) is 0.600. The van der Waals surface area contributed by atoms with Crippen LogP contribution in [-0.2, 0) is 0 Å². The van der Waals surface area contributed by atoms with E-state index in [2.05, 4.69) is 5.32 Å². The maximum atomic E-state index is 5.82. The minimum Gasteiger partial charge on any atom is -0.492 e. The molecule has 1 fully saturated rings. The highest BCUT2D eigenvalue weighted by molar-refractivity contribution is 5.20. The van der Waals surface area contributed by atoms with Gasteiger partial charge in [-0.15, -0.1) is 0 Å². The second-order valence-corrected chi connectivity index (χ2v) is 5.00. The zero-order chi connectivity index (χ0) is 12.6. The number of hydrogen-bond donors (Lipinski definition) is 2. The Bertz CT molecular complexity index is 329. The molecule has 2 atom stereocenters. The van der Waals surface area contributed by atoms with Crippen LogP contribution in [0.2, 0.25) is 0 Å². The molecule has 2 unspecified atom stereocenters. The monoisotopic (exact) mass is 248 g/mol. The average Bonchev–Trinajstić information content (AvgIpc) is 2.45. The number of rotatable bonds is 6. The van der Waals surface area contributed by atoms with Gasteiger partial charge in [0, 0.05) is 12.6 Å². The van der Waals surface area contributed by atoms with Crippen LogP contribution in [-0.4, -0.2) is 25.7 Å². The van der Waals surface area contributed by atoms with Gasteiger partial charge in [0.15, 0.2) is 0 Å². The normalized spacial score (nSPS) is 23.8. The number of para-hydroxylation sites is 1. The molecule has 0 amide bonds. The molecule has 0 saturated heterocycles. The summed E-state index contributed by atoms with van der Waals surface area (Å²) in [7, 11) is 0. The molecular formula is C15H24N2O. The summed E-state index contributed by atoms with van der Waals surface area (Å²) < 4.78 is 5.67. The highest BCUT2D eigenvalue weighted by atomic mass is 16.5. The Kier molecular flexibility index (Phi) is 5.49. The second kappa shape index (κ2) is 7.39. The Morgan fingerprint density at radius 3 is 2.72 bits per heavy atom. The van der Waals surface area contributed by atoms with Gasteiger partial charge in [-0.3, -0.25) is 0 Å². The van der Waals surface area contributed by atoms with E-state index >= 15 is 0 Å². The SMILES string of the molecule is NCC1CCCCC1NCCOc1ccccc1. The minimum atomic E-state index is 0.586. The van der Waals surface area contributed by atoms with Crippen LogP contribution >= 0.6 is 0 Å². The summed E-state index contributed by atoms with van der Waals surface area (Å²) in [5.41, 5.74) is 5.82. The van der Waals surface area contributed by atoms with Gasteiger partial charge in [0.05, 0.1) is 0 Å². The van der Waals surface area contributed by atoms with Gasteiger partial charge in [-0.2, -0.15) is 0 Å². The Morgan fingerprint density at radius 2 is 1.94 bits per heavy atom. The number of hydrogen-bond acceptors (Lipinski definition) is 3. The van der Waals surface area contributed by atoms with E-state index in [0.717, 1.165) is 25.4 Å². The molecule has 1 aromatic rings. The third-order valence-corrected chi connectivity index (χ3v) is 3.73. The summed E-state index contributed by atoms with van der Waals surface area (Å²) >= 11 is 0. The van der Waals surface area contributed by atoms with E-state index in [1.165, 1.54) is 25.7 Å². The van der Waals surface area contributed by atoms with E-state index in [-0.39, 0.29) is 0 Å². The van der Waals surface area contributed by atoms with Crippen molar-refractivity contribution in [2.75, 3.05) is 19.7 Å². The third kappa shape index (κ3) is 4.00. The summed E-state index contributed by atoms with van der Waals surface area (Å²) in [6.07, 6.45) is 5.19. The molecule has 3 N–H and O–H groups in total. The van der Waals surface area contributed by atoms with E-state index < -0.39 is 0 Å². The predicted molar refractivity (Wildman–Crippen MR) is 74.7 cm³/mol. The number of ether oxygens (including phenoxy) is 1. The first-order chi connectivity index (χ1) is 8.90. The van der Waals surface area contributed by atoms with Gasteiger partial charge in [0.2, 0.25) is 0 Å². The molecule has 0 heterocycles. The predicted octanol–water partition coefficient (Wildman–Crippen LogP) is 2.17. The Morgan fingerprint density at radius 1 is 1.17 bits per heavy atom. The largest absolute Gasteiger partial charge is 0.492 e. The highest BCUT2D eigenvalue weighted by Crippen LogP contribution is 2.23. The van der Waals surface area contributed by atoms with E-state index in [4.69, 9.17) is 10.5 Å². The van der Waals surface area contributed by atoms with E-state index in [0.29, 0.717) is 12.0 Å². The Labute approximate surface area is 110 Å². The fourth-order valence-electron chi connectivity index (χ4n) is 2.69. The smallest absolute Gasteiger partial charge is 0.119 e. The molecule has 3 nitrogen and oxygen atoms in total. The average molecular weight is 248 g/mol. The van der Waals surface area contributed by atoms with E-state index in [1.54, 1.807) is 0 Å². The van der Waals surface area contributed by atoms with E-state index in [9.17, 15) is 0 Å². The standard InChI is InChI=1S/C15H24N2O/c16-12-13-6-4-5-9-15(13)17-10-11-18-14-7-2-1-3-8-14/h1-3,7-8,13,15,17H,4-6,9-12,16H2. The first-order valence-electron chi connectivity index (χ1n) is 7.01. The first-order valence-corrected chi connectivity index (χ1v) is 7.01. The van der Waals surface area contributed by atoms with Crippen molar-refractivity contribution < 1.29 is 4.74 Å². The summed E-state index contributed by atoms with van der Waals surface area (Å²) in [6.45, 7) is 2.42. The van der Waals surface area contributed by atoms with Gasteiger partial charge in [0.1, 0.15) is 12.4 Å². The quantitative estimate of drug-likeness (QED) is 0.759. The maximum Gasteiger partial charge on any atom is 0.119 e. The summed E-state index contributed by atoms with van der Waals surface area (Å²) in [6, 6.07) is 10.6. The van der Waals surface area contributed by atoms with Crippen LogP contribution in [0.4, 0.5) is 0 Å². The van der Waals surface area contributed by atoms with Crippen molar-refractivity contribution in [3.05, 3.63) is 30.3 Å². The zero-order valence-corrected chi connectivity index (χ0v) is 11.0. The van der Waals surface area contributed by atoms with Crippen molar-refractivity contribution in [1.29, 1.82) is 0 Å². The topological polar surface area (TPSA) is 47.3 Å². The lowest BCUT2D eigenvalue weighted by molar-refractivity contribution is 0.243. The molecule has 1 aliphatic rings. The van der Waals surface area contributed by atoms with Crippen molar-refractivity contribution in [2.24, 2.45) is 11.7 Å². The van der Waals surface area contributed by atoms with Crippen molar-refractivity contribution in [2.45, 2.75) is 31.7 Å². The fourth-order valence-corrected chi connectivity index (χ4v) is 2.69. The summed E-state index contributed by atoms with van der Waals surface area (Å²) in [5, 5.41) is 3.59. The molecule has 18 heavy (non-hydrogen) atoms. The van der Waals surface area contributed by atoms with Crippen LogP contribution in [0.3, 0.4) is 0 Å². The van der Waals surface area contributed by atoms with Gasteiger partial charge in [-0.05, 0) is 37.4 Å². The van der Waals surface area contributed by atoms with Crippen LogP contribution < -0.4 is 15.8 Å². The molecule has 1 saturated carbocycles. The third-order valence-electron chi connectivity index (χ3n) is 3.73. The van der Waals surface area contributed by atoms with Gasteiger partial charge < -0.3 is 15.8 Å². The zero-order valence-electron chi connectivity index (χ0n) is 11.0. The van der Waals surface area contributed by atoms with Crippen molar-refractivity contribution >= 4 is 0 Å². The molecule has 0 aliphatic heterocycles. The van der Waals surface area contributed by atoms with Crippen LogP contribution in [0.15, 0.2) is 30.3 Å². The molecule has 0 radical (unpaired) electrons. The second-order valence-electron chi connectivity index (χ2n) is 5.00. The van der Waals surface area contributed by atoms with Crippen LogP contribution in [0, 0.1) is 5.92 Å². The Balaban J connectivity index is 1.65. The van der Waals surface area contributed by atoms with Gasteiger partial charge in [-0.1, -0.05) is 31.0 Å². The molecule has 2 rings (SSSR count). The lowest BCUT2D eigenvalue weighted by atomic mass is 9.84. The maximum absolute atomic E-state index is 5.82. The van der Waals surface area contributed by atoms with Crippen LogP contribution in [0.1, 0.15) is 25.7 Å². The van der Waals surface area contributed by atoms with Crippen LogP contribution in [0.5, 0.6) is 5.75 Å². The molecule has 1 aromatic carbocycles.